The molecule has 0 atom stereocenters. The summed E-state index contributed by atoms with van der Waals surface area (Å²) in [5.74, 6) is 1.70. The lowest BCUT2D eigenvalue weighted by Gasteiger charge is -2.29. The van der Waals surface area contributed by atoms with Crippen LogP contribution in [0.5, 0.6) is 11.5 Å². The van der Waals surface area contributed by atoms with Gasteiger partial charge in [0.15, 0.2) is 6.17 Å². The molecule has 4 aromatic carbocycles. The summed E-state index contributed by atoms with van der Waals surface area (Å²) in [6, 6.07) is 15.9. The van der Waals surface area contributed by atoms with Gasteiger partial charge in [0.25, 0.3) is 0 Å². The molecule has 218 valence electrons. The van der Waals surface area contributed by atoms with Gasteiger partial charge in [-0.05, 0) is 86.7 Å². The minimum absolute atomic E-state index is 0.0378. The Balaban J connectivity index is 1.78. The molecule has 0 saturated carbocycles. The molecule has 2 nitrogen and oxygen atoms in total. The van der Waals surface area contributed by atoms with Crippen LogP contribution in [0.2, 0.25) is 0 Å². The largest absolute Gasteiger partial charge is 0.455 e. The second-order valence-corrected chi connectivity index (χ2v) is 16.3. The Bertz CT molecular complexity index is 2000. The third kappa shape index (κ3) is 5.08. The van der Waals surface area contributed by atoms with Gasteiger partial charge in [-0.3, -0.25) is 0 Å². The van der Waals surface area contributed by atoms with Crippen LogP contribution in [0.1, 0.15) is 87.3 Å². The molecular weight excluding hydrogens is 510 g/mol. The van der Waals surface area contributed by atoms with Gasteiger partial charge in [-0.2, -0.15) is 0 Å². The van der Waals surface area contributed by atoms with Crippen LogP contribution in [0.4, 0.5) is 0 Å². The number of pyridine rings is 1. The molecule has 0 bridgehead atoms. The predicted molar refractivity (Wildman–Crippen MR) is 180 cm³/mol. The second kappa shape index (κ2) is 9.56. The van der Waals surface area contributed by atoms with Gasteiger partial charge in [-0.1, -0.05) is 98.7 Å². The van der Waals surface area contributed by atoms with Gasteiger partial charge in [-0.15, -0.1) is 0 Å². The van der Waals surface area contributed by atoms with E-state index in [-0.39, 0.29) is 28.5 Å². The Kier molecular flexibility index (Phi) is 5.98. The second-order valence-electron chi connectivity index (χ2n) is 16.3. The van der Waals surface area contributed by atoms with Crippen molar-refractivity contribution in [2.24, 2.45) is 23.3 Å². The maximum absolute atomic E-state index is 9.23. The van der Waals surface area contributed by atoms with Gasteiger partial charge < -0.3 is 4.74 Å². The summed E-state index contributed by atoms with van der Waals surface area (Å²) in [7, 11) is 1.94. The number of ether oxygens (including phenoxy) is 1. The van der Waals surface area contributed by atoms with E-state index >= 15 is 0 Å². The minimum Gasteiger partial charge on any atom is -0.455 e. The highest BCUT2D eigenvalue weighted by molar-refractivity contribution is 6.16. The maximum atomic E-state index is 9.23. The fraction of sp³-hybridized carbons (Fsp3) is 0.425. The lowest BCUT2D eigenvalue weighted by Crippen LogP contribution is -2.32. The molecule has 6 rings (SSSR count). The highest BCUT2D eigenvalue weighted by Crippen LogP contribution is 2.53. The molecule has 2 heterocycles. The SMILES string of the molecule is [2H]c1c([2H])[n+](C)c2c3c(cc4c(CC(C)(C)C)cccc4c13)Oc1c-2c(C)c2cc(CC(C)(C)C)ccc2c1CC(C)(C)C. The summed E-state index contributed by atoms with van der Waals surface area (Å²) >= 11 is 0. The summed E-state index contributed by atoms with van der Waals surface area (Å²) in [6.45, 7) is 22.7. The van der Waals surface area contributed by atoms with E-state index < -0.39 is 0 Å². The molecule has 0 amide bonds. The van der Waals surface area contributed by atoms with E-state index in [1.54, 1.807) is 0 Å². The first-order chi connectivity index (χ1) is 20.3. The van der Waals surface area contributed by atoms with Crippen molar-refractivity contribution in [2.45, 2.75) is 88.5 Å². The Morgan fingerprint density at radius 1 is 0.738 bits per heavy atom. The number of benzene rings is 4. The summed E-state index contributed by atoms with van der Waals surface area (Å²) in [4.78, 5) is 0. The van der Waals surface area contributed by atoms with Gasteiger partial charge in [0.1, 0.15) is 19.9 Å². The van der Waals surface area contributed by atoms with E-state index in [1.165, 1.54) is 33.0 Å². The standard InChI is InChI=1S/C40H48NO/c1-24-30-19-25(21-38(2,3)4)15-16-28(30)32(23-40(8,9)10)37-34(24)36-35-29(17-18-41(36)11)27-14-12-13-26(22-39(5,6)7)31(27)20-33(35)42-37/h12-20H,21-23H2,1-11H3/q+1/i17D,18D. The van der Waals surface area contributed by atoms with Crippen molar-refractivity contribution in [3.8, 4) is 22.8 Å². The molecule has 0 aliphatic carbocycles. The first-order valence-corrected chi connectivity index (χ1v) is 15.5. The van der Waals surface area contributed by atoms with Crippen LogP contribution in [0, 0.1) is 23.2 Å². The molecule has 0 unspecified atom stereocenters. The molecule has 5 aromatic rings. The number of rotatable bonds is 3. The topological polar surface area (TPSA) is 13.1 Å². The molecule has 0 spiro atoms. The zero-order chi connectivity index (χ0) is 32.1. The fourth-order valence-corrected chi connectivity index (χ4v) is 6.97. The number of fused-ring (bicyclic) bond motifs is 5. The zero-order valence-electron chi connectivity index (χ0n) is 29.5. The summed E-state index contributed by atoms with van der Waals surface area (Å²) in [6.07, 6.45) is 2.99. The van der Waals surface area contributed by atoms with E-state index in [1.807, 2.05) is 11.6 Å². The molecule has 0 radical (unpaired) electrons. The highest BCUT2D eigenvalue weighted by Gasteiger charge is 2.34. The van der Waals surface area contributed by atoms with E-state index in [4.69, 9.17) is 4.74 Å². The molecule has 0 saturated heterocycles. The van der Waals surface area contributed by atoms with Gasteiger partial charge in [0.2, 0.25) is 5.69 Å². The van der Waals surface area contributed by atoms with Gasteiger partial charge >= 0.3 is 0 Å². The van der Waals surface area contributed by atoms with Gasteiger partial charge in [0, 0.05) is 17.0 Å². The maximum Gasteiger partial charge on any atom is 0.228 e. The Morgan fingerprint density at radius 3 is 2.10 bits per heavy atom. The number of nitrogens with zero attached hydrogens (tertiary/aromatic N) is 1. The minimum atomic E-state index is 0.0378. The lowest BCUT2D eigenvalue weighted by atomic mass is 9.80. The number of hydrogen-bond acceptors (Lipinski definition) is 1. The molecular formula is C40H48NO+. The van der Waals surface area contributed by atoms with Crippen molar-refractivity contribution in [1.29, 1.82) is 0 Å². The van der Waals surface area contributed by atoms with Gasteiger partial charge in [0.05, 0.1) is 12.3 Å². The van der Waals surface area contributed by atoms with Crippen molar-refractivity contribution in [2.75, 3.05) is 0 Å². The van der Waals surface area contributed by atoms with Crippen molar-refractivity contribution < 1.29 is 12.0 Å². The van der Waals surface area contributed by atoms with E-state index in [9.17, 15) is 2.74 Å². The highest BCUT2D eigenvalue weighted by atomic mass is 16.5. The number of aromatic nitrogens is 1. The van der Waals surface area contributed by atoms with Crippen LogP contribution < -0.4 is 9.30 Å². The predicted octanol–water partition coefficient (Wildman–Crippen LogP) is 10.8. The molecule has 0 N–H and O–H groups in total. The first kappa shape index (κ1) is 26.3. The van der Waals surface area contributed by atoms with Crippen LogP contribution >= 0.6 is 0 Å². The Labute approximate surface area is 255 Å². The Hall–Kier alpha value is -3.39. The van der Waals surface area contributed by atoms with Crippen molar-refractivity contribution in [1.82, 2.24) is 0 Å². The summed E-state index contributed by atoms with van der Waals surface area (Å²) in [5.41, 5.74) is 7.34. The quantitative estimate of drug-likeness (QED) is 0.155. The number of aryl methyl sites for hydroxylation is 1. The molecule has 1 aromatic heterocycles. The van der Waals surface area contributed by atoms with E-state index in [2.05, 4.69) is 112 Å². The van der Waals surface area contributed by atoms with Crippen molar-refractivity contribution in [3.05, 3.63) is 76.9 Å². The van der Waals surface area contributed by atoms with E-state index in [0.717, 1.165) is 63.6 Å². The van der Waals surface area contributed by atoms with Gasteiger partial charge in [-0.25, -0.2) is 4.57 Å². The molecule has 1 aliphatic heterocycles. The normalized spacial score (nSPS) is 14.3. The van der Waals surface area contributed by atoms with Crippen LogP contribution in [-0.4, -0.2) is 0 Å². The van der Waals surface area contributed by atoms with Crippen LogP contribution in [0.3, 0.4) is 0 Å². The molecule has 0 fully saturated rings. The van der Waals surface area contributed by atoms with Crippen LogP contribution in [0.25, 0.3) is 43.6 Å². The number of hydrogen-bond donors (Lipinski definition) is 0. The first-order valence-electron chi connectivity index (χ1n) is 16.5. The third-order valence-electron chi connectivity index (χ3n) is 8.46. The molecule has 1 aliphatic rings. The fourth-order valence-electron chi connectivity index (χ4n) is 6.97. The monoisotopic (exact) mass is 560 g/mol. The third-order valence-corrected chi connectivity index (χ3v) is 8.46. The van der Waals surface area contributed by atoms with Crippen molar-refractivity contribution in [3.63, 3.8) is 0 Å². The smallest absolute Gasteiger partial charge is 0.228 e. The zero-order valence-corrected chi connectivity index (χ0v) is 27.5. The lowest BCUT2D eigenvalue weighted by molar-refractivity contribution is -0.659. The van der Waals surface area contributed by atoms with Crippen molar-refractivity contribution >= 4 is 32.3 Å². The van der Waals surface area contributed by atoms with Crippen LogP contribution in [0.15, 0.2) is 54.7 Å². The van der Waals surface area contributed by atoms with E-state index in [0.29, 0.717) is 0 Å². The summed E-state index contributed by atoms with van der Waals surface area (Å²) in [5, 5.41) is 6.39. The molecule has 42 heavy (non-hydrogen) atoms. The Morgan fingerprint density at radius 2 is 1.43 bits per heavy atom. The average Bonchev–Trinajstić information content (AvgIpc) is 2.89. The summed E-state index contributed by atoms with van der Waals surface area (Å²) < 4.78 is 27.4. The average molecular weight is 561 g/mol. The van der Waals surface area contributed by atoms with Crippen LogP contribution in [-0.2, 0) is 26.3 Å². The molecule has 2 heteroatoms.